The molecule has 0 bridgehead atoms. The van der Waals surface area contributed by atoms with Gasteiger partial charge in [-0.05, 0) is 44.9 Å². The highest BCUT2D eigenvalue weighted by atomic mass is 32.2. The van der Waals surface area contributed by atoms with Crippen molar-refractivity contribution in [3.8, 4) is 11.5 Å². The zero-order valence-corrected chi connectivity index (χ0v) is 25.7. The first-order chi connectivity index (χ1) is 20.6. The Morgan fingerprint density at radius 3 is 1.41 bits per heavy atom. The molecule has 0 unspecified atom stereocenters. The second-order valence-electron chi connectivity index (χ2n) is 10.2. The van der Waals surface area contributed by atoms with Gasteiger partial charge in [-0.1, -0.05) is 25.3 Å². The number of rotatable bonds is 14. The van der Waals surface area contributed by atoms with Crippen molar-refractivity contribution in [1.29, 1.82) is 0 Å². The summed E-state index contributed by atoms with van der Waals surface area (Å²) >= 11 is 0. The molecule has 0 fully saturated rings. The van der Waals surface area contributed by atoms with Crippen molar-refractivity contribution in [3.05, 3.63) is 60.7 Å². The second-order valence-corrected chi connectivity index (χ2v) is 13.0. The van der Waals surface area contributed by atoms with Crippen LogP contribution in [0.4, 0.5) is 0 Å². The Labute approximate surface area is 254 Å². The first-order valence-electron chi connectivity index (χ1n) is 13.5. The van der Waals surface area contributed by atoms with Crippen molar-refractivity contribution in [2.75, 3.05) is 26.3 Å². The third-order valence-corrected chi connectivity index (χ3v) is 8.59. The van der Waals surface area contributed by atoms with Gasteiger partial charge in [0, 0.05) is 62.6 Å². The SMILES string of the molecule is C=C(C)C(=O)NCCCOc1cc(OCCCNC(=O)C(=C)C)c2ccc3c(S(=O)(=O)O)cc(S(=O)(=O)O)c4ccc1c2c43. The lowest BCUT2D eigenvalue weighted by atomic mass is 9.93. The van der Waals surface area contributed by atoms with Crippen LogP contribution in [-0.2, 0) is 29.8 Å². The summed E-state index contributed by atoms with van der Waals surface area (Å²) in [7, 11) is -9.84. The number of hydrogen-bond acceptors (Lipinski definition) is 8. The van der Waals surface area contributed by atoms with Gasteiger partial charge in [0.05, 0.1) is 13.2 Å². The molecule has 234 valence electrons. The molecule has 2 amide bonds. The first kappa shape index (κ1) is 32.7. The van der Waals surface area contributed by atoms with Crippen LogP contribution in [0.5, 0.6) is 11.5 Å². The summed E-state index contributed by atoms with van der Waals surface area (Å²) in [5.74, 6) is 0.0861. The van der Waals surface area contributed by atoms with Crippen LogP contribution in [0.2, 0.25) is 0 Å². The molecule has 0 aromatic heterocycles. The second kappa shape index (κ2) is 12.8. The number of ether oxygens (including phenoxy) is 2. The van der Waals surface area contributed by atoms with Gasteiger partial charge in [0.25, 0.3) is 20.2 Å². The summed E-state index contributed by atoms with van der Waals surface area (Å²) in [5.41, 5.74) is 0.736. The van der Waals surface area contributed by atoms with E-state index in [2.05, 4.69) is 23.8 Å². The van der Waals surface area contributed by atoms with E-state index in [-0.39, 0.29) is 41.2 Å². The minimum Gasteiger partial charge on any atom is -0.493 e. The highest BCUT2D eigenvalue weighted by molar-refractivity contribution is 7.87. The number of nitrogens with one attached hydrogen (secondary N) is 2. The van der Waals surface area contributed by atoms with Crippen molar-refractivity contribution < 1.29 is 45.0 Å². The van der Waals surface area contributed by atoms with Crippen molar-refractivity contribution in [2.45, 2.75) is 36.5 Å². The van der Waals surface area contributed by atoms with Gasteiger partial charge in [-0.25, -0.2) is 0 Å². The van der Waals surface area contributed by atoms with Crippen LogP contribution >= 0.6 is 0 Å². The van der Waals surface area contributed by atoms with Crippen molar-refractivity contribution >= 4 is 64.4 Å². The molecular formula is C30H32N2O10S2. The summed E-state index contributed by atoms with van der Waals surface area (Å²) < 4.78 is 81.4. The fourth-order valence-electron chi connectivity index (χ4n) is 4.75. The van der Waals surface area contributed by atoms with Crippen molar-refractivity contribution in [2.24, 2.45) is 0 Å². The van der Waals surface area contributed by atoms with Gasteiger partial charge < -0.3 is 20.1 Å². The maximum atomic E-state index is 12.3. The van der Waals surface area contributed by atoms with Gasteiger partial charge in [0.2, 0.25) is 11.8 Å². The molecule has 4 aromatic rings. The summed E-state index contributed by atoms with van der Waals surface area (Å²) in [4.78, 5) is 22.2. The predicted molar refractivity (Wildman–Crippen MR) is 166 cm³/mol. The predicted octanol–water partition coefficient (Wildman–Crippen LogP) is 4.00. The topological polar surface area (TPSA) is 185 Å². The van der Waals surface area contributed by atoms with E-state index in [1.807, 2.05) is 0 Å². The molecule has 44 heavy (non-hydrogen) atoms. The lowest BCUT2D eigenvalue weighted by Gasteiger charge is -2.20. The third-order valence-electron chi connectivity index (χ3n) is 6.81. The fourth-order valence-corrected chi connectivity index (χ4v) is 6.25. The van der Waals surface area contributed by atoms with Crippen LogP contribution < -0.4 is 20.1 Å². The summed E-state index contributed by atoms with van der Waals surface area (Å²) in [6.07, 6.45) is 0.860. The average Bonchev–Trinajstić information content (AvgIpc) is 2.94. The maximum Gasteiger partial charge on any atom is 0.295 e. The van der Waals surface area contributed by atoms with Gasteiger partial charge >= 0.3 is 0 Å². The normalized spacial score (nSPS) is 12.0. The van der Waals surface area contributed by atoms with Crippen LogP contribution in [-0.4, -0.2) is 64.1 Å². The number of benzene rings is 4. The van der Waals surface area contributed by atoms with Crippen molar-refractivity contribution in [3.63, 3.8) is 0 Å². The van der Waals surface area contributed by atoms with Gasteiger partial charge in [0.15, 0.2) is 0 Å². The molecule has 0 radical (unpaired) electrons. The van der Waals surface area contributed by atoms with E-state index in [9.17, 15) is 35.5 Å². The van der Waals surface area contributed by atoms with E-state index in [1.54, 1.807) is 32.0 Å². The highest BCUT2D eigenvalue weighted by Crippen LogP contribution is 2.46. The van der Waals surface area contributed by atoms with Crippen LogP contribution in [0.3, 0.4) is 0 Å². The molecule has 14 heteroatoms. The van der Waals surface area contributed by atoms with Crippen LogP contribution in [0, 0.1) is 0 Å². The lowest BCUT2D eigenvalue weighted by Crippen LogP contribution is -2.25. The number of hydrogen-bond donors (Lipinski definition) is 4. The first-order valence-corrected chi connectivity index (χ1v) is 16.4. The molecule has 12 nitrogen and oxygen atoms in total. The molecule has 0 heterocycles. The summed E-state index contributed by atoms with van der Waals surface area (Å²) in [6, 6.07) is 8.38. The van der Waals surface area contributed by atoms with E-state index in [4.69, 9.17) is 9.47 Å². The van der Waals surface area contributed by atoms with E-state index < -0.39 is 30.0 Å². The monoisotopic (exact) mass is 644 g/mol. The third kappa shape index (κ3) is 6.94. The molecule has 0 aliphatic rings. The van der Waals surface area contributed by atoms with Crippen molar-refractivity contribution in [1.82, 2.24) is 10.6 Å². The lowest BCUT2D eigenvalue weighted by molar-refractivity contribution is -0.118. The quantitative estimate of drug-likeness (QED) is 0.0677. The Morgan fingerprint density at radius 2 is 1.05 bits per heavy atom. The number of carbonyl (C=O) groups is 2. The molecule has 4 N–H and O–H groups in total. The van der Waals surface area contributed by atoms with E-state index in [1.165, 1.54) is 12.1 Å². The van der Waals surface area contributed by atoms with Crippen LogP contribution in [0.15, 0.2) is 70.5 Å². The molecule has 0 atom stereocenters. The molecule has 0 aliphatic carbocycles. The Hall–Kier alpha value is -4.24. The highest BCUT2D eigenvalue weighted by Gasteiger charge is 2.27. The van der Waals surface area contributed by atoms with Gasteiger partial charge in [-0.2, -0.15) is 16.8 Å². The fraction of sp³-hybridized carbons (Fsp3) is 0.267. The smallest absolute Gasteiger partial charge is 0.295 e. The Bertz CT molecular complexity index is 1880. The number of amides is 2. The minimum absolute atomic E-state index is 0.0288. The van der Waals surface area contributed by atoms with E-state index >= 15 is 0 Å². The van der Waals surface area contributed by atoms with Gasteiger partial charge in [0.1, 0.15) is 21.3 Å². The molecule has 4 rings (SSSR count). The van der Waals surface area contributed by atoms with E-state index in [0.717, 1.165) is 6.07 Å². The van der Waals surface area contributed by atoms with E-state index in [0.29, 0.717) is 64.7 Å². The van der Waals surface area contributed by atoms with Gasteiger partial charge in [-0.15, -0.1) is 0 Å². The van der Waals surface area contributed by atoms with Crippen LogP contribution in [0.1, 0.15) is 26.7 Å². The molecule has 0 aliphatic heterocycles. The zero-order chi connectivity index (χ0) is 32.4. The number of carbonyl (C=O) groups excluding carboxylic acids is 2. The molecule has 0 spiro atoms. The molecular weight excluding hydrogens is 612 g/mol. The standard InChI is InChI=1S/C30H32N2O10S2/c1-17(2)29(33)31-11-5-13-41-23-15-24(42-14-6-12-32-30(34)18(3)4)20-8-10-22-26(44(38,39)40)16-25(43(35,36)37)21-9-7-19(23)27(20)28(21)22/h7-10,15-16H,1,3,5-6,11-14H2,2,4H3,(H,31,33)(H,32,34)(H,35,36,37)(H,38,39,40). The largest absolute Gasteiger partial charge is 0.493 e. The molecule has 0 saturated heterocycles. The minimum atomic E-state index is -4.92. The Kier molecular flexibility index (Phi) is 9.49. The summed E-state index contributed by atoms with van der Waals surface area (Å²) in [5, 5.41) is 6.99. The Morgan fingerprint density at radius 1 is 0.682 bits per heavy atom. The molecule has 4 aromatic carbocycles. The van der Waals surface area contributed by atoms with Gasteiger partial charge in [-0.3, -0.25) is 18.7 Å². The molecule has 0 saturated carbocycles. The summed E-state index contributed by atoms with van der Waals surface area (Å²) in [6.45, 7) is 11.3. The van der Waals surface area contributed by atoms with Crippen LogP contribution in [0.25, 0.3) is 32.3 Å². The zero-order valence-electron chi connectivity index (χ0n) is 24.1. The maximum absolute atomic E-state index is 12.3. The Balaban J connectivity index is 1.82. The average molecular weight is 645 g/mol.